The Kier molecular flexibility index (Phi) is 8.92. The van der Waals surface area contributed by atoms with Gasteiger partial charge in [0.15, 0.2) is 0 Å². The molecule has 0 spiro atoms. The molecule has 204 valence electrons. The minimum Gasteiger partial charge on any atom is -0.491 e. The smallest absolute Gasteiger partial charge is 0.256 e. The number of fused-ring (bicyclic) bond motifs is 1. The molecule has 0 saturated carbocycles. The van der Waals surface area contributed by atoms with Gasteiger partial charge >= 0.3 is 0 Å². The maximum Gasteiger partial charge on any atom is 0.256 e. The normalized spacial score (nSPS) is 15.7. The number of hydrogen-bond donors (Lipinski definition) is 2. The zero-order valence-corrected chi connectivity index (χ0v) is 22.5. The lowest BCUT2D eigenvalue weighted by molar-refractivity contribution is 0.0567. The Balaban J connectivity index is 1.34. The second-order valence-corrected chi connectivity index (χ2v) is 10.6. The highest BCUT2D eigenvalue weighted by Crippen LogP contribution is 2.24. The predicted molar refractivity (Wildman–Crippen MR) is 143 cm³/mol. The van der Waals surface area contributed by atoms with Crippen LogP contribution < -0.4 is 15.5 Å². The first-order valence-corrected chi connectivity index (χ1v) is 13.1. The number of ether oxygens (including phenoxy) is 1. The van der Waals surface area contributed by atoms with Crippen LogP contribution in [0.15, 0.2) is 41.3 Å². The van der Waals surface area contributed by atoms with Gasteiger partial charge in [-0.3, -0.25) is 9.59 Å². The third kappa shape index (κ3) is 6.46. The number of carbonyl (C=O) groups is 1. The van der Waals surface area contributed by atoms with Gasteiger partial charge in [0.05, 0.1) is 15.6 Å². The van der Waals surface area contributed by atoms with Gasteiger partial charge in [0.2, 0.25) is 5.43 Å². The van der Waals surface area contributed by atoms with E-state index < -0.39 is 29.1 Å². The van der Waals surface area contributed by atoms with Crippen molar-refractivity contribution in [3.8, 4) is 5.75 Å². The zero-order valence-electron chi connectivity index (χ0n) is 21.0. The minimum absolute atomic E-state index is 0.00196. The molecule has 38 heavy (non-hydrogen) atoms. The second kappa shape index (κ2) is 12.0. The maximum atomic E-state index is 14.1. The Morgan fingerprint density at radius 2 is 1.82 bits per heavy atom. The summed E-state index contributed by atoms with van der Waals surface area (Å²) in [6.45, 7) is 5.38. The number of nitrogens with one attached hydrogen (secondary N) is 1. The van der Waals surface area contributed by atoms with E-state index >= 15 is 0 Å². The molecule has 1 unspecified atom stereocenters. The van der Waals surface area contributed by atoms with E-state index in [4.69, 9.17) is 27.9 Å². The van der Waals surface area contributed by atoms with Gasteiger partial charge in [-0.1, -0.05) is 23.2 Å². The highest BCUT2D eigenvalue weighted by molar-refractivity contribution is 6.31. The van der Waals surface area contributed by atoms with Crippen molar-refractivity contribution in [1.29, 1.82) is 0 Å². The molecule has 3 aromatic rings. The van der Waals surface area contributed by atoms with Crippen molar-refractivity contribution in [2.24, 2.45) is 0 Å². The third-order valence-electron chi connectivity index (χ3n) is 6.60. The van der Waals surface area contributed by atoms with Crippen LogP contribution in [0.5, 0.6) is 5.75 Å². The number of nitrogens with zero attached hydrogens (tertiary/aromatic N) is 2. The largest absolute Gasteiger partial charge is 0.491 e. The molecule has 4 rings (SSSR count). The molecule has 1 aliphatic heterocycles. The van der Waals surface area contributed by atoms with Crippen LogP contribution >= 0.6 is 23.2 Å². The SMILES string of the molecule is CC(C)n1cc(C(=O)NC2CCN(CC(O)COc3ccc(Cl)c(F)c3)CC2)c(=O)c2cc(F)c(Cl)cc21. The van der Waals surface area contributed by atoms with Gasteiger partial charge in [0, 0.05) is 49.4 Å². The lowest BCUT2D eigenvalue weighted by Crippen LogP contribution is -2.47. The molecule has 2 heterocycles. The number of pyridine rings is 1. The molecular formula is C27H29Cl2F2N3O4. The number of hydrogen-bond acceptors (Lipinski definition) is 5. The Bertz CT molecular complexity index is 1390. The van der Waals surface area contributed by atoms with E-state index in [1.165, 1.54) is 30.5 Å². The zero-order chi connectivity index (χ0) is 27.6. The molecule has 0 radical (unpaired) electrons. The summed E-state index contributed by atoms with van der Waals surface area (Å²) in [7, 11) is 0. The number of rotatable bonds is 8. The summed E-state index contributed by atoms with van der Waals surface area (Å²) in [5.74, 6) is -1.54. The Hall–Kier alpha value is -2.72. The number of likely N-dealkylation sites (tertiary alicyclic amines) is 1. The molecule has 1 saturated heterocycles. The van der Waals surface area contributed by atoms with Crippen LogP contribution in [0.2, 0.25) is 10.0 Å². The van der Waals surface area contributed by atoms with Crippen molar-refractivity contribution in [3.05, 3.63) is 74.0 Å². The summed E-state index contributed by atoms with van der Waals surface area (Å²) in [6, 6.07) is 6.31. The van der Waals surface area contributed by atoms with E-state index in [1.54, 1.807) is 4.57 Å². The number of piperidine rings is 1. The lowest BCUT2D eigenvalue weighted by atomic mass is 10.0. The minimum atomic E-state index is -0.791. The lowest BCUT2D eigenvalue weighted by Gasteiger charge is -2.33. The molecule has 1 fully saturated rings. The van der Waals surface area contributed by atoms with E-state index in [0.29, 0.717) is 38.0 Å². The quantitative estimate of drug-likeness (QED) is 0.408. The molecule has 0 bridgehead atoms. The van der Waals surface area contributed by atoms with Crippen molar-refractivity contribution in [2.45, 2.75) is 44.9 Å². The van der Waals surface area contributed by atoms with Crippen LogP contribution in [0.1, 0.15) is 43.1 Å². The van der Waals surface area contributed by atoms with Gasteiger partial charge in [-0.25, -0.2) is 8.78 Å². The molecule has 1 aliphatic rings. The highest BCUT2D eigenvalue weighted by Gasteiger charge is 2.25. The average molecular weight is 568 g/mol. The number of halogens is 4. The van der Waals surface area contributed by atoms with Crippen molar-refractivity contribution >= 4 is 40.0 Å². The maximum absolute atomic E-state index is 14.1. The molecular weight excluding hydrogens is 539 g/mol. The fourth-order valence-corrected chi connectivity index (χ4v) is 4.84. The number of β-amino-alcohol motifs (C(OH)–C–C–N with tert-alkyl or cyclic N) is 1. The summed E-state index contributed by atoms with van der Waals surface area (Å²) in [5.41, 5.74) is -0.141. The van der Waals surface area contributed by atoms with E-state index in [9.17, 15) is 23.5 Å². The first-order chi connectivity index (χ1) is 18.0. The number of amides is 1. The monoisotopic (exact) mass is 567 g/mol. The Morgan fingerprint density at radius 1 is 1.13 bits per heavy atom. The van der Waals surface area contributed by atoms with Crippen LogP contribution in [0.25, 0.3) is 10.9 Å². The molecule has 1 atom stereocenters. The first kappa shape index (κ1) is 28.3. The number of carbonyl (C=O) groups excluding carboxylic acids is 1. The van der Waals surface area contributed by atoms with Crippen molar-refractivity contribution in [3.63, 3.8) is 0 Å². The molecule has 7 nitrogen and oxygen atoms in total. The van der Waals surface area contributed by atoms with Crippen LogP contribution in [0.4, 0.5) is 8.78 Å². The van der Waals surface area contributed by atoms with Crippen molar-refractivity contribution in [2.75, 3.05) is 26.2 Å². The summed E-state index contributed by atoms with van der Waals surface area (Å²) in [6.07, 6.45) is 1.95. The standard InChI is InChI=1S/C27H29Cl2F2N3O4/c1-15(2)34-13-20(26(36)19-10-24(31)22(29)11-25(19)34)27(37)32-16-5-7-33(8-6-16)12-17(35)14-38-18-3-4-21(28)23(30)9-18/h3-4,9-11,13,15-17,35H,5-8,12,14H2,1-2H3,(H,32,37). The summed E-state index contributed by atoms with van der Waals surface area (Å²) < 4.78 is 34.9. The van der Waals surface area contributed by atoms with E-state index in [0.717, 1.165) is 6.07 Å². The number of aromatic nitrogens is 1. The molecule has 1 amide bonds. The van der Waals surface area contributed by atoms with Gasteiger partial charge in [-0.15, -0.1) is 0 Å². The van der Waals surface area contributed by atoms with Crippen LogP contribution in [-0.2, 0) is 0 Å². The average Bonchev–Trinajstić information content (AvgIpc) is 2.87. The molecule has 2 N–H and O–H groups in total. The summed E-state index contributed by atoms with van der Waals surface area (Å²) in [5, 5.41) is 13.3. The van der Waals surface area contributed by atoms with Crippen LogP contribution in [0.3, 0.4) is 0 Å². The van der Waals surface area contributed by atoms with Crippen LogP contribution in [-0.4, -0.2) is 58.9 Å². The molecule has 1 aromatic heterocycles. The van der Waals surface area contributed by atoms with E-state index in [-0.39, 0.29) is 45.4 Å². The van der Waals surface area contributed by atoms with Gasteiger partial charge in [0.1, 0.15) is 35.7 Å². The van der Waals surface area contributed by atoms with Gasteiger partial charge in [-0.05, 0) is 51.0 Å². The van der Waals surface area contributed by atoms with E-state index in [1.807, 2.05) is 18.7 Å². The third-order valence-corrected chi connectivity index (χ3v) is 7.20. The summed E-state index contributed by atoms with van der Waals surface area (Å²) >= 11 is 11.6. The van der Waals surface area contributed by atoms with Crippen molar-refractivity contribution < 1.29 is 23.4 Å². The molecule has 11 heteroatoms. The topological polar surface area (TPSA) is 83.8 Å². The number of aliphatic hydroxyl groups excluding tert-OH is 1. The number of aliphatic hydroxyl groups is 1. The number of benzene rings is 2. The van der Waals surface area contributed by atoms with Gasteiger partial charge in [0.25, 0.3) is 5.91 Å². The fraction of sp³-hybridized carbons (Fsp3) is 0.407. The Morgan fingerprint density at radius 3 is 2.47 bits per heavy atom. The van der Waals surface area contributed by atoms with Gasteiger partial charge in [-0.2, -0.15) is 0 Å². The molecule has 2 aromatic carbocycles. The van der Waals surface area contributed by atoms with Gasteiger partial charge < -0.3 is 24.6 Å². The summed E-state index contributed by atoms with van der Waals surface area (Å²) in [4.78, 5) is 28.2. The Labute approximate surface area is 228 Å². The van der Waals surface area contributed by atoms with Crippen LogP contribution in [0, 0.1) is 11.6 Å². The fourth-order valence-electron chi connectivity index (χ4n) is 4.57. The van der Waals surface area contributed by atoms with Crippen molar-refractivity contribution in [1.82, 2.24) is 14.8 Å². The molecule has 0 aliphatic carbocycles. The van der Waals surface area contributed by atoms with E-state index in [2.05, 4.69) is 5.32 Å². The highest BCUT2D eigenvalue weighted by atomic mass is 35.5. The second-order valence-electron chi connectivity index (χ2n) is 9.75. The predicted octanol–water partition coefficient (Wildman–Crippen LogP) is 4.80. The first-order valence-electron chi connectivity index (χ1n) is 12.4.